The van der Waals surface area contributed by atoms with Crippen LogP contribution in [0.3, 0.4) is 0 Å². The van der Waals surface area contributed by atoms with Gasteiger partial charge in [-0.15, -0.1) is 0 Å². The highest BCUT2D eigenvalue weighted by Gasteiger charge is 2.22. The molecule has 0 atom stereocenters. The summed E-state index contributed by atoms with van der Waals surface area (Å²) >= 11 is 3.41. The Hall–Kier alpha value is -1.20. The first kappa shape index (κ1) is 13.8. The Labute approximate surface area is 126 Å². The summed E-state index contributed by atoms with van der Waals surface area (Å²) in [7, 11) is 0. The Morgan fingerprint density at radius 3 is 3.00 bits per heavy atom. The van der Waals surface area contributed by atoms with E-state index in [1.54, 1.807) is 12.1 Å². The molecule has 1 aliphatic rings. The smallest absolute Gasteiger partial charge is 0.132 e. The number of halogens is 2. The molecule has 106 valence electrons. The molecule has 3 rings (SSSR count). The molecule has 0 saturated heterocycles. The Bertz CT molecular complexity index is 636. The van der Waals surface area contributed by atoms with Gasteiger partial charge in [-0.3, -0.25) is 0 Å². The largest absolute Gasteiger partial charge is 0.331 e. The molecule has 1 aromatic carbocycles. The van der Waals surface area contributed by atoms with Crippen LogP contribution in [-0.2, 0) is 19.4 Å². The summed E-state index contributed by atoms with van der Waals surface area (Å²) in [5.41, 5.74) is 8.17. The van der Waals surface area contributed by atoms with Gasteiger partial charge in [-0.1, -0.05) is 15.9 Å². The maximum Gasteiger partial charge on any atom is 0.132 e. The van der Waals surface area contributed by atoms with E-state index in [2.05, 4.69) is 25.5 Å². The predicted octanol–water partition coefficient (Wildman–Crippen LogP) is 3.29. The highest BCUT2D eigenvalue weighted by atomic mass is 79.9. The van der Waals surface area contributed by atoms with Gasteiger partial charge in [0.15, 0.2) is 0 Å². The topological polar surface area (TPSA) is 43.8 Å². The second-order valence-corrected chi connectivity index (χ2v) is 6.01. The van der Waals surface area contributed by atoms with Crippen LogP contribution in [0.4, 0.5) is 4.39 Å². The highest BCUT2D eigenvalue weighted by molar-refractivity contribution is 9.10. The molecule has 20 heavy (non-hydrogen) atoms. The zero-order chi connectivity index (χ0) is 14.1. The fourth-order valence-electron chi connectivity index (χ4n) is 2.83. The predicted molar refractivity (Wildman–Crippen MR) is 81.0 cm³/mol. The normalized spacial score (nSPS) is 14.3. The minimum atomic E-state index is -0.223. The van der Waals surface area contributed by atoms with Gasteiger partial charge in [0.25, 0.3) is 0 Å². The minimum Gasteiger partial charge on any atom is -0.331 e. The van der Waals surface area contributed by atoms with Gasteiger partial charge in [0, 0.05) is 28.7 Å². The molecule has 0 unspecified atom stereocenters. The first-order chi connectivity index (χ1) is 9.70. The molecule has 0 spiro atoms. The average Bonchev–Trinajstić information content (AvgIpc) is 2.81. The van der Waals surface area contributed by atoms with E-state index in [9.17, 15) is 4.39 Å². The summed E-state index contributed by atoms with van der Waals surface area (Å²) in [5, 5.41) is 0. The van der Waals surface area contributed by atoms with Gasteiger partial charge in [0.2, 0.25) is 0 Å². The molecule has 2 heterocycles. The van der Waals surface area contributed by atoms with Crippen LogP contribution < -0.4 is 5.73 Å². The summed E-state index contributed by atoms with van der Waals surface area (Å²) in [6, 6.07) is 5.00. The summed E-state index contributed by atoms with van der Waals surface area (Å²) in [5.74, 6) is 0.760. The Balaban J connectivity index is 2.15. The van der Waals surface area contributed by atoms with Crippen LogP contribution in [0.15, 0.2) is 22.7 Å². The zero-order valence-electron chi connectivity index (χ0n) is 11.2. The van der Waals surface area contributed by atoms with Gasteiger partial charge in [0.1, 0.15) is 11.6 Å². The maximum absolute atomic E-state index is 14.1. The van der Waals surface area contributed by atoms with E-state index in [0.29, 0.717) is 12.1 Å². The van der Waals surface area contributed by atoms with Crippen molar-refractivity contribution in [3.05, 3.63) is 40.0 Å². The summed E-state index contributed by atoms with van der Waals surface area (Å²) < 4.78 is 17.2. The molecule has 3 nitrogen and oxygen atoms in total. The Kier molecular flexibility index (Phi) is 3.89. The average molecular weight is 338 g/mol. The van der Waals surface area contributed by atoms with Crippen molar-refractivity contribution in [2.75, 3.05) is 6.54 Å². The fraction of sp³-hybridized carbons (Fsp3) is 0.400. The number of imidazole rings is 1. The van der Waals surface area contributed by atoms with Crippen LogP contribution in [0.5, 0.6) is 0 Å². The number of aromatic nitrogens is 2. The lowest BCUT2D eigenvalue weighted by molar-refractivity contribution is 0.514. The molecule has 1 aliphatic heterocycles. The summed E-state index contributed by atoms with van der Waals surface area (Å²) in [4.78, 5) is 4.68. The molecule has 0 saturated carbocycles. The molecule has 0 fully saturated rings. The SMILES string of the molecule is NCCc1nc(-c2cc(Br)ccc2F)c2n1CCCC2. The van der Waals surface area contributed by atoms with Crippen molar-refractivity contribution in [1.29, 1.82) is 0 Å². The van der Waals surface area contributed by atoms with Crippen LogP contribution in [0.2, 0.25) is 0 Å². The Morgan fingerprint density at radius 2 is 2.20 bits per heavy atom. The second kappa shape index (κ2) is 5.66. The first-order valence-electron chi connectivity index (χ1n) is 6.94. The van der Waals surface area contributed by atoms with E-state index in [1.165, 1.54) is 6.07 Å². The molecule has 0 aliphatic carbocycles. The van der Waals surface area contributed by atoms with Gasteiger partial charge in [-0.25, -0.2) is 9.37 Å². The van der Waals surface area contributed by atoms with E-state index in [-0.39, 0.29) is 5.82 Å². The molecule has 0 radical (unpaired) electrons. The number of hydrogen-bond acceptors (Lipinski definition) is 2. The van der Waals surface area contributed by atoms with Crippen molar-refractivity contribution in [3.8, 4) is 11.3 Å². The van der Waals surface area contributed by atoms with Crippen LogP contribution >= 0.6 is 15.9 Å². The van der Waals surface area contributed by atoms with Gasteiger partial charge in [-0.2, -0.15) is 0 Å². The van der Waals surface area contributed by atoms with Crippen molar-refractivity contribution < 1.29 is 4.39 Å². The number of nitrogens with zero attached hydrogens (tertiary/aromatic N) is 2. The van der Waals surface area contributed by atoms with Crippen molar-refractivity contribution >= 4 is 15.9 Å². The van der Waals surface area contributed by atoms with Gasteiger partial charge in [-0.05, 0) is 44.0 Å². The third-order valence-corrected chi connectivity index (χ3v) is 4.24. The van der Waals surface area contributed by atoms with Crippen LogP contribution in [0.1, 0.15) is 24.4 Å². The van der Waals surface area contributed by atoms with E-state index in [1.807, 2.05) is 0 Å². The molecule has 2 aromatic rings. The van der Waals surface area contributed by atoms with E-state index >= 15 is 0 Å². The highest BCUT2D eigenvalue weighted by Crippen LogP contribution is 2.32. The van der Waals surface area contributed by atoms with Crippen LogP contribution in [0, 0.1) is 5.82 Å². The van der Waals surface area contributed by atoms with E-state index < -0.39 is 0 Å². The molecule has 0 bridgehead atoms. The lowest BCUT2D eigenvalue weighted by Crippen LogP contribution is -2.15. The molecular formula is C15H17BrFN3. The zero-order valence-corrected chi connectivity index (χ0v) is 12.8. The van der Waals surface area contributed by atoms with Gasteiger partial charge >= 0.3 is 0 Å². The number of rotatable bonds is 3. The lowest BCUT2D eigenvalue weighted by Gasteiger charge is -2.17. The standard InChI is InChI=1S/C15H17BrFN3/c16-10-4-5-12(17)11(9-10)15-13-3-1-2-8-20(13)14(19-15)6-7-18/h4-5,9H,1-3,6-8,18H2. The van der Waals surface area contributed by atoms with E-state index in [4.69, 9.17) is 5.73 Å². The van der Waals surface area contributed by atoms with Crippen molar-refractivity contribution in [3.63, 3.8) is 0 Å². The minimum absolute atomic E-state index is 0.223. The number of hydrogen-bond donors (Lipinski definition) is 1. The number of fused-ring (bicyclic) bond motifs is 1. The lowest BCUT2D eigenvalue weighted by atomic mass is 10.0. The summed E-state index contributed by atoms with van der Waals surface area (Å²) in [6.45, 7) is 1.53. The number of benzene rings is 1. The molecular weight excluding hydrogens is 321 g/mol. The third kappa shape index (κ3) is 2.40. The fourth-order valence-corrected chi connectivity index (χ4v) is 3.19. The molecule has 5 heteroatoms. The number of nitrogens with two attached hydrogens (primary N) is 1. The van der Waals surface area contributed by atoms with E-state index in [0.717, 1.165) is 53.9 Å². The van der Waals surface area contributed by atoms with Crippen molar-refractivity contribution in [2.24, 2.45) is 5.73 Å². The molecule has 1 aromatic heterocycles. The van der Waals surface area contributed by atoms with Crippen molar-refractivity contribution in [2.45, 2.75) is 32.2 Å². The van der Waals surface area contributed by atoms with Gasteiger partial charge < -0.3 is 10.3 Å². The van der Waals surface area contributed by atoms with Crippen LogP contribution in [0.25, 0.3) is 11.3 Å². The quantitative estimate of drug-likeness (QED) is 0.933. The van der Waals surface area contributed by atoms with Gasteiger partial charge in [0.05, 0.1) is 5.69 Å². The third-order valence-electron chi connectivity index (χ3n) is 3.75. The Morgan fingerprint density at radius 1 is 1.35 bits per heavy atom. The molecule has 2 N–H and O–H groups in total. The van der Waals surface area contributed by atoms with Crippen LogP contribution in [-0.4, -0.2) is 16.1 Å². The maximum atomic E-state index is 14.1. The monoisotopic (exact) mass is 337 g/mol. The summed E-state index contributed by atoms with van der Waals surface area (Å²) in [6.07, 6.45) is 3.99. The second-order valence-electron chi connectivity index (χ2n) is 5.09. The molecule has 0 amide bonds. The first-order valence-corrected chi connectivity index (χ1v) is 7.74. The van der Waals surface area contributed by atoms with Crippen molar-refractivity contribution in [1.82, 2.24) is 9.55 Å².